The zero-order chi connectivity index (χ0) is 17.6. The molecule has 1 heteroatoms. The Labute approximate surface area is 146 Å². The summed E-state index contributed by atoms with van der Waals surface area (Å²) in [5.41, 5.74) is 9.16. The van der Waals surface area contributed by atoms with Crippen molar-refractivity contribution in [2.75, 3.05) is 6.54 Å². The first kappa shape index (κ1) is 22.4. The van der Waals surface area contributed by atoms with E-state index in [1.54, 1.807) is 5.57 Å². The minimum Gasteiger partial charge on any atom is -0.327 e. The molecule has 0 fully saturated rings. The van der Waals surface area contributed by atoms with Crippen molar-refractivity contribution in [1.29, 1.82) is 0 Å². The van der Waals surface area contributed by atoms with Crippen LogP contribution in [0.5, 0.6) is 0 Å². The zero-order valence-electron chi connectivity index (χ0n) is 16.7. The highest BCUT2D eigenvalue weighted by Gasteiger charge is 2.29. The van der Waals surface area contributed by atoms with E-state index < -0.39 is 0 Å². The molecule has 0 spiro atoms. The van der Waals surface area contributed by atoms with Gasteiger partial charge in [0.25, 0.3) is 0 Å². The molecule has 0 heterocycles. The van der Waals surface area contributed by atoms with E-state index in [0.29, 0.717) is 12.0 Å². The lowest BCUT2D eigenvalue weighted by atomic mass is 9.69. The number of unbranched alkanes of at least 4 members (excludes halogenated alkanes) is 3. The molecule has 0 aromatic carbocycles. The van der Waals surface area contributed by atoms with E-state index in [-0.39, 0.29) is 0 Å². The van der Waals surface area contributed by atoms with Crippen molar-refractivity contribution in [3.8, 4) is 0 Å². The second-order valence-corrected chi connectivity index (χ2v) is 7.30. The van der Waals surface area contributed by atoms with Crippen molar-refractivity contribution in [2.45, 2.75) is 105 Å². The fourth-order valence-electron chi connectivity index (χ4n) is 3.55. The third-order valence-corrected chi connectivity index (χ3v) is 5.32. The third-order valence-electron chi connectivity index (χ3n) is 5.32. The molecule has 0 aromatic rings. The van der Waals surface area contributed by atoms with Crippen LogP contribution >= 0.6 is 0 Å². The average Bonchev–Trinajstić information content (AvgIpc) is 2.54. The molecule has 0 bridgehead atoms. The Kier molecular flexibility index (Phi) is 13.5. The minimum absolute atomic E-state index is 0.466. The SMILES string of the molecule is CCCCC(CCCC)(CCCC)C(C)=CCC/C(C)=C/CN. The van der Waals surface area contributed by atoms with Crippen LogP contribution < -0.4 is 5.73 Å². The van der Waals surface area contributed by atoms with Gasteiger partial charge in [-0.1, -0.05) is 82.6 Å². The zero-order valence-corrected chi connectivity index (χ0v) is 16.7. The second-order valence-electron chi connectivity index (χ2n) is 7.30. The Morgan fingerprint density at radius 1 is 0.826 bits per heavy atom. The highest BCUT2D eigenvalue weighted by molar-refractivity contribution is 5.13. The van der Waals surface area contributed by atoms with Gasteiger partial charge in [-0.3, -0.25) is 0 Å². The fourth-order valence-corrected chi connectivity index (χ4v) is 3.55. The van der Waals surface area contributed by atoms with Crippen LogP contribution in [-0.2, 0) is 0 Å². The molecule has 0 unspecified atom stereocenters. The molecule has 2 N–H and O–H groups in total. The molecule has 1 nitrogen and oxygen atoms in total. The van der Waals surface area contributed by atoms with Crippen LogP contribution in [0.3, 0.4) is 0 Å². The van der Waals surface area contributed by atoms with Crippen LogP contribution in [0.4, 0.5) is 0 Å². The van der Waals surface area contributed by atoms with Crippen LogP contribution in [0.15, 0.2) is 23.3 Å². The lowest BCUT2D eigenvalue weighted by Gasteiger charge is -2.36. The lowest BCUT2D eigenvalue weighted by Crippen LogP contribution is -2.23. The summed E-state index contributed by atoms with van der Waals surface area (Å²) in [5.74, 6) is 0. The molecule has 0 aromatic heterocycles. The molecule has 0 amide bonds. The summed E-state index contributed by atoms with van der Waals surface area (Å²) in [6.07, 6.45) is 19.2. The Morgan fingerprint density at radius 2 is 1.30 bits per heavy atom. The van der Waals surface area contributed by atoms with Crippen LogP contribution in [0, 0.1) is 5.41 Å². The molecule has 23 heavy (non-hydrogen) atoms. The molecule has 0 aliphatic carbocycles. The van der Waals surface area contributed by atoms with E-state index in [9.17, 15) is 0 Å². The van der Waals surface area contributed by atoms with E-state index in [4.69, 9.17) is 5.73 Å². The van der Waals surface area contributed by atoms with Gasteiger partial charge in [0.05, 0.1) is 0 Å². The van der Waals surface area contributed by atoms with E-state index in [0.717, 1.165) is 6.42 Å². The summed E-state index contributed by atoms with van der Waals surface area (Å²) < 4.78 is 0. The smallest absolute Gasteiger partial charge is 0.0109 e. The Balaban J connectivity index is 5.04. The van der Waals surface area contributed by atoms with Crippen molar-refractivity contribution in [3.05, 3.63) is 23.3 Å². The molecular formula is C22H43N. The Bertz CT molecular complexity index is 316. The van der Waals surface area contributed by atoms with Gasteiger partial charge >= 0.3 is 0 Å². The maximum absolute atomic E-state index is 5.60. The van der Waals surface area contributed by atoms with Gasteiger partial charge in [-0.2, -0.15) is 0 Å². The van der Waals surface area contributed by atoms with Gasteiger partial charge in [0.1, 0.15) is 0 Å². The van der Waals surface area contributed by atoms with Crippen LogP contribution in [0.2, 0.25) is 0 Å². The lowest BCUT2D eigenvalue weighted by molar-refractivity contribution is 0.252. The first-order valence-corrected chi connectivity index (χ1v) is 10.1. The van der Waals surface area contributed by atoms with Crippen molar-refractivity contribution in [2.24, 2.45) is 11.1 Å². The second kappa shape index (κ2) is 13.8. The summed E-state index contributed by atoms with van der Waals surface area (Å²) >= 11 is 0. The Hall–Kier alpha value is -0.560. The van der Waals surface area contributed by atoms with Gasteiger partial charge < -0.3 is 5.73 Å². The topological polar surface area (TPSA) is 26.0 Å². The van der Waals surface area contributed by atoms with E-state index in [1.165, 1.54) is 69.8 Å². The maximum atomic E-state index is 5.60. The Morgan fingerprint density at radius 3 is 1.70 bits per heavy atom. The molecule has 0 radical (unpaired) electrons. The summed E-state index contributed by atoms with van der Waals surface area (Å²) in [6, 6.07) is 0. The summed E-state index contributed by atoms with van der Waals surface area (Å²) in [4.78, 5) is 0. The number of hydrogen-bond acceptors (Lipinski definition) is 1. The maximum Gasteiger partial charge on any atom is 0.0109 e. The van der Waals surface area contributed by atoms with Gasteiger partial charge in [-0.05, 0) is 51.4 Å². The molecule has 136 valence electrons. The van der Waals surface area contributed by atoms with Gasteiger partial charge in [-0.25, -0.2) is 0 Å². The number of allylic oxidation sites excluding steroid dienone is 3. The predicted molar refractivity (Wildman–Crippen MR) is 107 cm³/mol. The molecule has 0 atom stereocenters. The summed E-state index contributed by atoms with van der Waals surface area (Å²) in [7, 11) is 0. The molecule has 0 aliphatic heterocycles. The number of hydrogen-bond donors (Lipinski definition) is 1. The van der Waals surface area contributed by atoms with E-state index in [1.807, 2.05) is 0 Å². The average molecular weight is 322 g/mol. The van der Waals surface area contributed by atoms with E-state index in [2.05, 4.69) is 46.8 Å². The van der Waals surface area contributed by atoms with Crippen molar-refractivity contribution < 1.29 is 0 Å². The van der Waals surface area contributed by atoms with E-state index >= 15 is 0 Å². The quantitative estimate of drug-likeness (QED) is 0.337. The standard InChI is InChI=1S/C22H43N/c1-6-9-16-22(17-10-7-2,18-11-8-3)21(5)14-12-13-20(4)15-19-23/h14-15H,6-13,16-19,23H2,1-5H3/b20-15+,21-14?. The van der Waals surface area contributed by atoms with Crippen molar-refractivity contribution in [1.82, 2.24) is 0 Å². The van der Waals surface area contributed by atoms with Gasteiger partial charge in [0.15, 0.2) is 0 Å². The largest absolute Gasteiger partial charge is 0.327 e. The fraction of sp³-hybridized carbons (Fsp3) is 0.818. The highest BCUT2D eigenvalue weighted by Crippen LogP contribution is 2.43. The van der Waals surface area contributed by atoms with Gasteiger partial charge in [-0.15, -0.1) is 0 Å². The van der Waals surface area contributed by atoms with Crippen LogP contribution in [-0.4, -0.2) is 6.54 Å². The predicted octanol–water partition coefficient (Wildman–Crippen LogP) is 7.17. The number of rotatable bonds is 14. The minimum atomic E-state index is 0.466. The van der Waals surface area contributed by atoms with Gasteiger partial charge in [0.2, 0.25) is 0 Å². The van der Waals surface area contributed by atoms with Crippen LogP contribution in [0.1, 0.15) is 105 Å². The first-order chi connectivity index (χ1) is 11.1. The van der Waals surface area contributed by atoms with Crippen molar-refractivity contribution in [3.63, 3.8) is 0 Å². The molecule has 0 rings (SSSR count). The molecule has 0 aliphatic rings. The third kappa shape index (κ3) is 9.35. The molecule has 0 saturated heterocycles. The van der Waals surface area contributed by atoms with Crippen LogP contribution in [0.25, 0.3) is 0 Å². The highest BCUT2D eigenvalue weighted by atomic mass is 14.5. The normalized spacial score (nSPS) is 13.7. The summed E-state index contributed by atoms with van der Waals surface area (Å²) in [6.45, 7) is 12.2. The monoisotopic (exact) mass is 321 g/mol. The van der Waals surface area contributed by atoms with Gasteiger partial charge in [0, 0.05) is 6.54 Å². The number of nitrogens with two attached hydrogens (primary N) is 1. The van der Waals surface area contributed by atoms with Crippen molar-refractivity contribution >= 4 is 0 Å². The molecular weight excluding hydrogens is 278 g/mol. The molecule has 0 saturated carbocycles. The summed E-state index contributed by atoms with van der Waals surface area (Å²) in [5, 5.41) is 0. The first-order valence-electron chi connectivity index (χ1n) is 10.1.